The Kier molecular flexibility index (Phi) is 6.10. The smallest absolute Gasteiger partial charge is 0.119 e. The number of ether oxygens (including phenoxy) is 1. The number of phenols is 1. The molecule has 0 aliphatic rings. The molecule has 0 aliphatic carbocycles. The minimum atomic E-state index is 0.277. The molecule has 0 heterocycles. The van der Waals surface area contributed by atoms with Gasteiger partial charge in [-0.2, -0.15) is 0 Å². The van der Waals surface area contributed by atoms with Crippen LogP contribution < -0.4 is 4.74 Å². The molecular formula is C18H22O3. The molecule has 0 saturated carbocycles. The molecule has 112 valence electrons. The van der Waals surface area contributed by atoms with E-state index in [-0.39, 0.29) is 12.4 Å². The van der Waals surface area contributed by atoms with Crippen molar-refractivity contribution in [3.8, 4) is 22.6 Å². The van der Waals surface area contributed by atoms with Gasteiger partial charge in [0.1, 0.15) is 11.5 Å². The first-order valence-corrected chi connectivity index (χ1v) is 7.43. The highest BCUT2D eigenvalue weighted by Crippen LogP contribution is 2.24. The van der Waals surface area contributed by atoms with Crippen LogP contribution in [0.5, 0.6) is 11.5 Å². The topological polar surface area (TPSA) is 49.7 Å². The van der Waals surface area contributed by atoms with Crippen molar-refractivity contribution in [1.29, 1.82) is 0 Å². The second kappa shape index (κ2) is 8.32. The summed E-state index contributed by atoms with van der Waals surface area (Å²) in [6, 6.07) is 15.1. The number of aliphatic hydroxyl groups is 1. The van der Waals surface area contributed by atoms with E-state index in [0.717, 1.165) is 42.6 Å². The Morgan fingerprint density at radius 1 is 0.714 bits per heavy atom. The Morgan fingerprint density at radius 2 is 1.29 bits per heavy atom. The predicted octanol–water partition coefficient (Wildman–Crippen LogP) is 3.99. The van der Waals surface area contributed by atoms with Gasteiger partial charge in [-0.25, -0.2) is 0 Å². The molecule has 0 spiro atoms. The van der Waals surface area contributed by atoms with E-state index in [9.17, 15) is 5.11 Å². The predicted molar refractivity (Wildman–Crippen MR) is 84.6 cm³/mol. The third kappa shape index (κ3) is 5.12. The van der Waals surface area contributed by atoms with Crippen LogP contribution in [0.4, 0.5) is 0 Å². The van der Waals surface area contributed by atoms with Crippen LogP contribution in [0.3, 0.4) is 0 Å². The van der Waals surface area contributed by atoms with Crippen molar-refractivity contribution >= 4 is 0 Å². The highest BCUT2D eigenvalue weighted by atomic mass is 16.5. The minimum absolute atomic E-state index is 0.277. The van der Waals surface area contributed by atoms with Crippen LogP contribution in [0, 0.1) is 0 Å². The molecule has 3 heteroatoms. The maximum absolute atomic E-state index is 9.29. The van der Waals surface area contributed by atoms with E-state index in [0.29, 0.717) is 6.61 Å². The largest absolute Gasteiger partial charge is 0.508 e. The van der Waals surface area contributed by atoms with Gasteiger partial charge in [0.05, 0.1) is 6.61 Å². The third-order valence-electron chi connectivity index (χ3n) is 3.38. The average molecular weight is 286 g/mol. The maximum atomic E-state index is 9.29. The molecule has 0 amide bonds. The molecule has 0 unspecified atom stereocenters. The van der Waals surface area contributed by atoms with Gasteiger partial charge in [-0.3, -0.25) is 0 Å². The first kappa shape index (κ1) is 15.4. The number of hydrogen-bond donors (Lipinski definition) is 2. The highest BCUT2D eigenvalue weighted by Gasteiger charge is 1.99. The van der Waals surface area contributed by atoms with Gasteiger partial charge in [-0.15, -0.1) is 0 Å². The second-order valence-electron chi connectivity index (χ2n) is 5.06. The van der Waals surface area contributed by atoms with E-state index in [4.69, 9.17) is 9.84 Å². The van der Waals surface area contributed by atoms with Crippen molar-refractivity contribution in [1.82, 2.24) is 0 Å². The zero-order valence-electron chi connectivity index (χ0n) is 12.2. The number of phenolic OH excluding ortho intramolecular Hbond substituents is 1. The van der Waals surface area contributed by atoms with E-state index in [1.807, 2.05) is 36.4 Å². The third-order valence-corrected chi connectivity index (χ3v) is 3.38. The SMILES string of the molecule is OCCCCCCOc1ccc(-c2ccc(O)cc2)cc1. The molecule has 0 aliphatic heterocycles. The first-order valence-electron chi connectivity index (χ1n) is 7.43. The summed E-state index contributed by atoms with van der Waals surface area (Å²) >= 11 is 0. The summed E-state index contributed by atoms with van der Waals surface area (Å²) in [4.78, 5) is 0. The molecule has 2 aromatic carbocycles. The van der Waals surface area contributed by atoms with E-state index >= 15 is 0 Å². The Bertz CT molecular complexity index is 517. The molecule has 2 aromatic rings. The molecule has 2 N–H and O–H groups in total. The molecule has 0 saturated heterocycles. The summed E-state index contributed by atoms with van der Waals surface area (Å²) in [6.07, 6.45) is 4.03. The zero-order chi connectivity index (χ0) is 14.9. The molecule has 0 fully saturated rings. The minimum Gasteiger partial charge on any atom is -0.508 e. The van der Waals surface area contributed by atoms with Crippen LogP contribution in [-0.4, -0.2) is 23.4 Å². The summed E-state index contributed by atoms with van der Waals surface area (Å²) in [6.45, 7) is 0.990. The van der Waals surface area contributed by atoms with Gasteiger partial charge in [0.2, 0.25) is 0 Å². The lowest BCUT2D eigenvalue weighted by molar-refractivity contribution is 0.273. The fourth-order valence-electron chi connectivity index (χ4n) is 2.15. The van der Waals surface area contributed by atoms with Crippen molar-refractivity contribution < 1.29 is 14.9 Å². The van der Waals surface area contributed by atoms with Crippen molar-refractivity contribution in [3.05, 3.63) is 48.5 Å². The Labute approximate surface area is 125 Å². The van der Waals surface area contributed by atoms with Crippen LogP contribution in [0.2, 0.25) is 0 Å². The van der Waals surface area contributed by atoms with Gasteiger partial charge in [0.25, 0.3) is 0 Å². The number of hydrogen-bond acceptors (Lipinski definition) is 3. The van der Waals surface area contributed by atoms with Crippen LogP contribution >= 0.6 is 0 Å². The van der Waals surface area contributed by atoms with Crippen molar-refractivity contribution in [3.63, 3.8) is 0 Å². The standard InChI is InChI=1S/C18H22O3/c19-13-3-1-2-4-14-21-18-11-7-16(8-12-18)15-5-9-17(20)10-6-15/h5-12,19-20H,1-4,13-14H2. The van der Waals surface area contributed by atoms with Crippen molar-refractivity contribution in [2.45, 2.75) is 25.7 Å². The Hall–Kier alpha value is -2.00. The van der Waals surface area contributed by atoms with Crippen LogP contribution in [0.25, 0.3) is 11.1 Å². The normalized spacial score (nSPS) is 10.5. The second-order valence-corrected chi connectivity index (χ2v) is 5.06. The monoisotopic (exact) mass is 286 g/mol. The molecular weight excluding hydrogens is 264 g/mol. The summed E-state index contributed by atoms with van der Waals surface area (Å²) < 4.78 is 5.69. The summed E-state index contributed by atoms with van der Waals surface area (Å²) in [7, 11) is 0. The van der Waals surface area contributed by atoms with E-state index in [2.05, 4.69) is 0 Å². The lowest BCUT2D eigenvalue weighted by Crippen LogP contribution is -1.97. The summed E-state index contributed by atoms with van der Waals surface area (Å²) in [5.74, 6) is 1.15. The number of unbranched alkanes of at least 4 members (excludes halogenated alkanes) is 3. The Morgan fingerprint density at radius 3 is 1.90 bits per heavy atom. The summed E-state index contributed by atoms with van der Waals surface area (Å²) in [5.41, 5.74) is 2.17. The molecule has 0 bridgehead atoms. The quantitative estimate of drug-likeness (QED) is 0.721. The van der Waals surface area contributed by atoms with Crippen LogP contribution in [0.1, 0.15) is 25.7 Å². The van der Waals surface area contributed by atoms with Gasteiger partial charge in [0, 0.05) is 6.61 Å². The van der Waals surface area contributed by atoms with E-state index in [1.165, 1.54) is 0 Å². The lowest BCUT2D eigenvalue weighted by Gasteiger charge is -2.07. The van der Waals surface area contributed by atoms with E-state index < -0.39 is 0 Å². The molecule has 0 atom stereocenters. The van der Waals surface area contributed by atoms with Gasteiger partial charge >= 0.3 is 0 Å². The number of aliphatic hydroxyl groups excluding tert-OH is 1. The lowest BCUT2D eigenvalue weighted by atomic mass is 10.1. The highest BCUT2D eigenvalue weighted by molar-refractivity contribution is 5.64. The van der Waals surface area contributed by atoms with Gasteiger partial charge in [-0.05, 0) is 54.7 Å². The van der Waals surface area contributed by atoms with Gasteiger partial charge < -0.3 is 14.9 Å². The number of rotatable bonds is 8. The number of benzene rings is 2. The van der Waals surface area contributed by atoms with Gasteiger partial charge in [-0.1, -0.05) is 30.7 Å². The fraction of sp³-hybridized carbons (Fsp3) is 0.333. The summed E-state index contributed by atoms with van der Waals surface area (Å²) in [5, 5.41) is 18.0. The first-order chi connectivity index (χ1) is 10.3. The molecule has 21 heavy (non-hydrogen) atoms. The molecule has 2 rings (SSSR count). The van der Waals surface area contributed by atoms with Crippen LogP contribution in [0.15, 0.2) is 48.5 Å². The van der Waals surface area contributed by atoms with Crippen molar-refractivity contribution in [2.75, 3.05) is 13.2 Å². The van der Waals surface area contributed by atoms with Crippen LogP contribution in [-0.2, 0) is 0 Å². The molecule has 0 radical (unpaired) electrons. The molecule has 3 nitrogen and oxygen atoms in total. The Balaban J connectivity index is 1.80. The number of aromatic hydroxyl groups is 1. The van der Waals surface area contributed by atoms with Gasteiger partial charge in [0.15, 0.2) is 0 Å². The zero-order valence-corrected chi connectivity index (χ0v) is 12.2. The fourth-order valence-corrected chi connectivity index (χ4v) is 2.15. The molecule has 0 aromatic heterocycles. The van der Waals surface area contributed by atoms with Crippen molar-refractivity contribution in [2.24, 2.45) is 0 Å². The average Bonchev–Trinajstić information content (AvgIpc) is 2.52. The van der Waals surface area contributed by atoms with E-state index in [1.54, 1.807) is 12.1 Å². The maximum Gasteiger partial charge on any atom is 0.119 e.